The molecular weight excluding hydrogens is 354 g/mol. The molecule has 8 nitrogen and oxygen atoms in total. The highest BCUT2D eigenvalue weighted by Gasteiger charge is 2.47. The zero-order valence-electron chi connectivity index (χ0n) is 14.1. The Morgan fingerprint density at radius 1 is 1.27 bits per heavy atom. The third-order valence-corrected chi connectivity index (χ3v) is 5.69. The average molecular weight is 370 g/mol. The first kappa shape index (κ1) is 14.4. The van der Waals surface area contributed by atoms with E-state index in [9.17, 15) is 0 Å². The number of hydrogen-bond donors (Lipinski definition) is 0. The van der Waals surface area contributed by atoms with E-state index in [-0.39, 0.29) is 11.6 Å². The minimum Gasteiger partial charge on any atom is -0.313 e. The van der Waals surface area contributed by atoms with Crippen LogP contribution in [0.15, 0.2) is 45.8 Å². The molecule has 6 rings (SSSR count). The third-order valence-electron chi connectivity index (χ3n) is 5.48. The maximum absolute atomic E-state index is 6.29. The molecule has 0 bridgehead atoms. The van der Waals surface area contributed by atoms with E-state index in [1.165, 1.54) is 0 Å². The molecule has 1 aromatic carbocycles. The van der Waals surface area contributed by atoms with Crippen molar-refractivity contribution in [3.8, 4) is 0 Å². The molecule has 132 valence electrons. The second-order valence-corrected chi connectivity index (χ2v) is 7.74. The predicted molar refractivity (Wildman–Crippen MR) is 96.0 cm³/mol. The van der Waals surface area contributed by atoms with Gasteiger partial charge in [-0.05, 0) is 18.9 Å². The van der Waals surface area contributed by atoms with Gasteiger partial charge in [0, 0.05) is 22.8 Å². The van der Waals surface area contributed by atoms with Gasteiger partial charge in [0.15, 0.2) is 12.0 Å². The van der Waals surface area contributed by atoms with Crippen LogP contribution < -0.4 is 9.91 Å². The van der Waals surface area contributed by atoms with E-state index < -0.39 is 0 Å². The molecule has 0 saturated heterocycles. The summed E-state index contributed by atoms with van der Waals surface area (Å²) in [6.45, 7) is 2.73. The van der Waals surface area contributed by atoms with Gasteiger partial charge in [-0.15, -0.1) is 0 Å². The third kappa shape index (κ3) is 1.82. The smallest absolute Gasteiger partial charge is 0.313 e. The van der Waals surface area contributed by atoms with Gasteiger partial charge < -0.3 is 9.42 Å². The highest BCUT2D eigenvalue weighted by Crippen LogP contribution is 2.48. The van der Waals surface area contributed by atoms with Crippen LogP contribution in [0.5, 0.6) is 0 Å². The Morgan fingerprint density at radius 2 is 2.12 bits per heavy atom. The molecule has 1 unspecified atom stereocenters. The van der Waals surface area contributed by atoms with Crippen molar-refractivity contribution in [2.75, 3.05) is 16.6 Å². The summed E-state index contributed by atoms with van der Waals surface area (Å²) in [4.78, 5) is 11.5. The van der Waals surface area contributed by atoms with Crippen LogP contribution in [0, 0.1) is 0 Å². The van der Waals surface area contributed by atoms with E-state index in [1.54, 1.807) is 10.8 Å². The molecule has 9 heteroatoms. The van der Waals surface area contributed by atoms with Gasteiger partial charge in [-0.1, -0.05) is 30.3 Å². The summed E-state index contributed by atoms with van der Waals surface area (Å²) in [5.74, 6) is 1.69. The van der Waals surface area contributed by atoms with E-state index in [0.29, 0.717) is 12.7 Å². The Hall–Kier alpha value is -2.74. The second-order valence-electron chi connectivity index (χ2n) is 7.30. The SMILES string of the molecule is CC1(c2noc(N3C=NC4c5ccccc5N5CN(Cl)C=C5N43)n2)CC1. The predicted octanol–water partition coefficient (Wildman–Crippen LogP) is 2.93. The number of aliphatic imine (C=N–C) groups is 1. The molecule has 0 radical (unpaired) electrons. The minimum absolute atomic E-state index is 0.0537. The van der Waals surface area contributed by atoms with Crippen LogP contribution in [-0.4, -0.2) is 32.6 Å². The zero-order chi connectivity index (χ0) is 17.5. The number of halogens is 1. The summed E-state index contributed by atoms with van der Waals surface area (Å²) in [6.07, 6.45) is 5.66. The molecule has 0 spiro atoms. The van der Waals surface area contributed by atoms with E-state index >= 15 is 0 Å². The van der Waals surface area contributed by atoms with E-state index in [2.05, 4.69) is 34.1 Å². The molecule has 4 aliphatic rings. The van der Waals surface area contributed by atoms with Crippen LogP contribution in [0.25, 0.3) is 0 Å². The lowest BCUT2D eigenvalue weighted by Crippen LogP contribution is -2.46. The van der Waals surface area contributed by atoms with Crippen LogP contribution in [0.4, 0.5) is 11.7 Å². The van der Waals surface area contributed by atoms with Gasteiger partial charge in [0.2, 0.25) is 0 Å². The number of anilines is 2. The fraction of sp³-hybridized carbons (Fsp3) is 0.353. The fourth-order valence-corrected chi connectivity index (χ4v) is 3.89. The standard InChI is InChI=1S/C17H16ClN7O/c1-17(6-7-17)15-20-16(26-21-15)24-9-19-14-11-4-2-3-5-12(11)23-10-22(18)8-13(23)25(14)24/h2-5,8-9,14H,6-7,10H2,1H3. The largest absolute Gasteiger partial charge is 0.348 e. The van der Waals surface area contributed by atoms with Crippen molar-refractivity contribution < 1.29 is 4.52 Å². The normalized spacial score (nSPS) is 24.5. The van der Waals surface area contributed by atoms with Gasteiger partial charge in [0.05, 0.1) is 11.9 Å². The molecule has 1 aliphatic carbocycles. The lowest BCUT2D eigenvalue weighted by molar-refractivity contribution is 0.260. The van der Waals surface area contributed by atoms with Crippen molar-refractivity contribution in [2.24, 2.45) is 4.99 Å². The van der Waals surface area contributed by atoms with Crippen molar-refractivity contribution in [1.82, 2.24) is 19.6 Å². The summed E-state index contributed by atoms with van der Waals surface area (Å²) >= 11 is 6.29. The molecular formula is C17H16ClN7O. The van der Waals surface area contributed by atoms with Gasteiger partial charge in [-0.2, -0.15) is 9.99 Å². The molecule has 0 amide bonds. The van der Waals surface area contributed by atoms with Crippen molar-refractivity contribution in [1.29, 1.82) is 0 Å². The molecule has 1 atom stereocenters. The molecule has 0 N–H and O–H groups in total. The molecule has 3 aliphatic heterocycles. The maximum Gasteiger partial charge on any atom is 0.348 e. The molecule has 2 aromatic rings. The number of aromatic nitrogens is 2. The Morgan fingerprint density at radius 3 is 2.96 bits per heavy atom. The number of hydrogen-bond acceptors (Lipinski definition) is 8. The molecule has 1 saturated carbocycles. The molecule has 26 heavy (non-hydrogen) atoms. The number of nitrogens with zero attached hydrogens (tertiary/aromatic N) is 7. The van der Waals surface area contributed by atoms with Gasteiger partial charge in [-0.3, -0.25) is 4.42 Å². The van der Waals surface area contributed by atoms with Crippen molar-refractivity contribution >= 4 is 29.8 Å². The first-order valence-corrected chi connectivity index (χ1v) is 8.94. The minimum atomic E-state index is -0.177. The van der Waals surface area contributed by atoms with Crippen LogP contribution in [0.2, 0.25) is 0 Å². The van der Waals surface area contributed by atoms with Crippen LogP contribution >= 0.6 is 11.8 Å². The quantitative estimate of drug-likeness (QED) is 0.754. The molecule has 4 heterocycles. The number of fused-ring (bicyclic) bond motifs is 6. The lowest BCUT2D eigenvalue weighted by atomic mass is 10.1. The summed E-state index contributed by atoms with van der Waals surface area (Å²) in [5, 5.41) is 8.05. The zero-order valence-corrected chi connectivity index (χ0v) is 14.8. The van der Waals surface area contributed by atoms with Crippen molar-refractivity contribution in [2.45, 2.75) is 31.3 Å². The summed E-state index contributed by atoms with van der Waals surface area (Å²) < 4.78 is 7.20. The van der Waals surface area contributed by atoms with E-state index in [4.69, 9.17) is 21.3 Å². The molecule has 1 aromatic heterocycles. The lowest BCUT2D eigenvalue weighted by Gasteiger charge is -2.41. The Balaban J connectivity index is 1.44. The van der Waals surface area contributed by atoms with Crippen molar-refractivity contribution in [3.05, 3.63) is 47.7 Å². The maximum atomic E-state index is 6.29. The van der Waals surface area contributed by atoms with Gasteiger partial charge in [0.25, 0.3) is 0 Å². The van der Waals surface area contributed by atoms with Gasteiger partial charge in [-0.25, -0.2) is 10.0 Å². The Bertz CT molecular complexity index is 966. The topological polar surface area (TPSA) is 64.2 Å². The summed E-state index contributed by atoms with van der Waals surface area (Å²) in [7, 11) is 0. The summed E-state index contributed by atoms with van der Waals surface area (Å²) in [6, 6.07) is 8.66. The number of hydrazine groups is 1. The Kier molecular flexibility index (Phi) is 2.61. The highest BCUT2D eigenvalue weighted by atomic mass is 35.5. The van der Waals surface area contributed by atoms with Gasteiger partial charge >= 0.3 is 6.01 Å². The van der Waals surface area contributed by atoms with Crippen LogP contribution in [0.1, 0.15) is 37.3 Å². The Labute approximate surface area is 155 Å². The second kappa shape index (κ2) is 4.70. The van der Waals surface area contributed by atoms with Gasteiger partial charge in [0.1, 0.15) is 18.8 Å². The number of rotatable bonds is 2. The fourth-order valence-electron chi connectivity index (χ4n) is 3.69. The van der Waals surface area contributed by atoms with Crippen molar-refractivity contribution in [3.63, 3.8) is 0 Å². The van der Waals surface area contributed by atoms with E-state index in [0.717, 1.165) is 35.7 Å². The van der Waals surface area contributed by atoms with Crippen LogP contribution in [-0.2, 0) is 5.41 Å². The monoisotopic (exact) mass is 369 g/mol. The first-order valence-electron chi connectivity index (χ1n) is 8.61. The highest BCUT2D eigenvalue weighted by molar-refractivity contribution is 6.14. The first-order chi connectivity index (χ1) is 12.6. The van der Waals surface area contributed by atoms with Crippen LogP contribution in [0.3, 0.4) is 0 Å². The average Bonchev–Trinajstić information content (AvgIpc) is 3.05. The van der Waals surface area contributed by atoms with E-state index in [1.807, 2.05) is 28.4 Å². The number of benzene rings is 1. The number of para-hydroxylation sites is 1. The summed E-state index contributed by atoms with van der Waals surface area (Å²) in [5.41, 5.74) is 2.28. The molecule has 1 fully saturated rings.